The molecule has 0 aliphatic heterocycles. The van der Waals surface area contributed by atoms with Crippen LogP contribution in [-0.4, -0.2) is 17.6 Å². The van der Waals surface area contributed by atoms with E-state index in [1.807, 2.05) is 0 Å². The van der Waals surface area contributed by atoms with Gasteiger partial charge in [0.05, 0.1) is 0 Å². The highest BCUT2D eigenvalue weighted by Gasteiger charge is 2.40. The summed E-state index contributed by atoms with van der Waals surface area (Å²) in [7, 11) is 0. The van der Waals surface area contributed by atoms with Gasteiger partial charge in [-0.1, -0.05) is 19.8 Å². The molecular formula is C12H21NO2. The number of rotatable bonds is 2. The van der Waals surface area contributed by atoms with Gasteiger partial charge in [0, 0.05) is 0 Å². The number of ether oxygens (including phenoxy) is 1. The SMILES string of the molecule is CC1CCCC(N)(C(=O)OC2CCC2)C1. The van der Waals surface area contributed by atoms with E-state index < -0.39 is 5.54 Å². The molecule has 0 radical (unpaired) electrons. The molecule has 2 N–H and O–H groups in total. The molecule has 0 aromatic heterocycles. The van der Waals surface area contributed by atoms with Gasteiger partial charge in [-0.2, -0.15) is 0 Å². The van der Waals surface area contributed by atoms with E-state index in [1.165, 1.54) is 12.8 Å². The average molecular weight is 211 g/mol. The fourth-order valence-corrected chi connectivity index (χ4v) is 2.53. The summed E-state index contributed by atoms with van der Waals surface area (Å²) < 4.78 is 5.41. The molecule has 3 nitrogen and oxygen atoms in total. The Hall–Kier alpha value is -0.570. The van der Waals surface area contributed by atoms with Crippen molar-refractivity contribution in [3.8, 4) is 0 Å². The maximum atomic E-state index is 11.9. The number of hydrogen-bond acceptors (Lipinski definition) is 3. The van der Waals surface area contributed by atoms with Crippen LogP contribution in [0.4, 0.5) is 0 Å². The second-order valence-corrected chi connectivity index (χ2v) is 5.32. The Balaban J connectivity index is 1.91. The highest BCUT2D eigenvalue weighted by atomic mass is 16.5. The van der Waals surface area contributed by atoms with Crippen molar-refractivity contribution in [3.05, 3.63) is 0 Å². The summed E-state index contributed by atoms with van der Waals surface area (Å²) in [4.78, 5) is 11.9. The Morgan fingerprint density at radius 2 is 2.07 bits per heavy atom. The molecule has 86 valence electrons. The molecule has 0 spiro atoms. The minimum absolute atomic E-state index is 0.154. The van der Waals surface area contributed by atoms with Crippen molar-refractivity contribution in [2.24, 2.45) is 11.7 Å². The zero-order chi connectivity index (χ0) is 10.9. The van der Waals surface area contributed by atoms with Crippen molar-refractivity contribution in [1.82, 2.24) is 0 Å². The first-order valence-corrected chi connectivity index (χ1v) is 6.10. The average Bonchev–Trinajstić information content (AvgIpc) is 2.10. The predicted molar refractivity (Wildman–Crippen MR) is 58.3 cm³/mol. The van der Waals surface area contributed by atoms with Crippen LogP contribution in [0.2, 0.25) is 0 Å². The summed E-state index contributed by atoms with van der Waals surface area (Å²) >= 11 is 0. The van der Waals surface area contributed by atoms with Crippen LogP contribution in [0.3, 0.4) is 0 Å². The summed E-state index contributed by atoms with van der Waals surface area (Å²) in [6.07, 6.45) is 7.23. The van der Waals surface area contributed by atoms with Crippen molar-refractivity contribution in [3.63, 3.8) is 0 Å². The third-order valence-corrected chi connectivity index (χ3v) is 3.76. The topological polar surface area (TPSA) is 52.3 Å². The summed E-state index contributed by atoms with van der Waals surface area (Å²) in [6, 6.07) is 0. The predicted octanol–water partition coefficient (Wildman–Crippen LogP) is 1.99. The molecule has 2 saturated carbocycles. The zero-order valence-corrected chi connectivity index (χ0v) is 9.50. The Bertz CT molecular complexity index is 250. The Labute approximate surface area is 91.4 Å². The van der Waals surface area contributed by atoms with Crippen LogP contribution in [-0.2, 0) is 9.53 Å². The molecule has 3 heteroatoms. The fourth-order valence-electron chi connectivity index (χ4n) is 2.53. The molecule has 2 aliphatic carbocycles. The first-order chi connectivity index (χ1) is 7.10. The number of carbonyl (C=O) groups excluding carboxylic acids is 1. The van der Waals surface area contributed by atoms with Crippen LogP contribution in [0.5, 0.6) is 0 Å². The van der Waals surface area contributed by atoms with Gasteiger partial charge in [-0.25, -0.2) is 0 Å². The molecule has 2 atom stereocenters. The highest BCUT2D eigenvalue weighted by Crippen LogP contribution is 2.33. The molecule has 0 aromatic rings. The number of esters is 1. The summed E-state index contributed by atoms with van der Waals surface area (Å²) in [5.41, 5.74) is 5.46. The first kappa shape index (κ1) is 10.9. The zero-order valence-electron chi connectivity index (χ0n) is 9.50. The normalized spacial score (nSPS) is 37.1. The van der Waals surface area contributed by atoms with Gasteiger partial charge >= 0.3 is 5.97 Å². The maximum Gasteiger partial charge on any atom is 0.326 e. The molecule has 15 heavy (non-hydrogen) atoms. The van der Waals surface area contributed by atoms with E-state index in [1.54, 1.807) is 0 Å². The van der Waals surface area contributed by atoms with E-state index in [0.29, 0.717) is 5.92 Å². The van der Waals surface area contributed by atoms with Crippen molar-refractivity contribution in [2.75, 3.05) is 0 Å². The lowest BCUT2D eigenvalue weighted by atomic mass is 9.77. The van der Waals surface area contributed by atoms with Gasteiger partial charge < -0.3 is 10.5 Å². The first-order valence-electron chi connectivity index (χ1n) is 6.10. The van der Waals surface area contributed by atoms with Crippen LogP contribution in [0.15, 0.2) is 0 Å². The summed E-state index contributed by atoms with van der Waals surface area (Å²) in [5.74, 6) is 0.399. The van der Waals surface area contributed by atoms with Crippen molar-refractivity contribution < 1.29 is 9.53 Å². The quantitative estimate of drug-likeness (QED) is 0.711. The van der Waals surface area contributed by atoms with Gasteiger partial charge in [0.15, 0.2) is 0 Å². The van der Waals surface area contributed by atoms with Gasteiger partial charge in [-0.3, -0.25) is 4.79 Å². The smallest absolute Gasteiger partial charge is 0.326 e. The highest BCUT2D eigenvalue weighted by molar-refractivity contribution is 5.80. The Morgan fingerprint density at radius 1 is 1.33 bits per heavy atom. The Morgan fingerprint density at radius 3 is 2.60 bits per heavy atom. The molecule has 2 fully saturated rings. The van der Waals surface area contributed by atoms with E-state index in [-0.39, 0.29) is 12.1 Å². The van der Waals surface area contributed by atoms with Gasteiger partial charge in [0.1, 0.15) is 11.6 Å². The molecule has 0 bridgehead atoms. The second kappa shape index (κ2) is 4.12. The molecule has 2 unspecified atom stereocenters. The third-order valence-electron chi connectivity index (χ3n) is 3.76. The third kappa shape index (κ3) is 2.33. The van der Waals surface area contributed by atoms with Gasteiger partial charge in [0.25, 0.3) is 0 Å². The molecule has 0 aromatic carbocycles. The van der Waals surface area contributed by atoms with Crippen molar-refractivity contribution in [2.45, 2.75) is 63.5 Å². The number of carbonyl (C=O) groups is 1. The Kier molecular flexibility index (Phi) is 3.01. The molecule has 2 rings (SSSR count). The maximum absolute atomic E-state index is 11.9. The van der Waals surface area contributed by atoms with E-state index in [0.717, 1.165) is 32.1 Å². The van der Waals surface area contributed by atoms with Crippen LogP contribution in [0, 0.1) is 5.92 Å². The number of hydrogen-bond donors (Lipinski definition) is 1. The largest absolute Gasteiger partial charge is 0.461 e. The fraction of sp³-hybridized carbons (Fsp3) is 0.917. The monoisotopic (exact) mass is 211 g/mol. The van der Waals surface area contributed by atoms with Gasteiger partial charge in [0.2, 0.25) is 0 Å². The lowest BCUT2D eigenvalue weighted by molar-refractivity contribution is -0.161. The van der Waals surface area contributed by atoms with E-state index in [4.69, 9.17) is 10.5 Å². The minimum Gasteiger partial charge on any atom is -0.461 e. The van der Waals surface area contributed by atoms with Gasteiger partial charge in [-0.05, 0) is 38.0 Å². The van der Waals surface area contributed by atoms with E-state index in [2.05, 4.69) is 6.92 Å². The minimum atomic E-state index is -0.687. The molecule has 2 aliphatic rings. The van der Waals surface area contributed by atoms with E-state index in [9.17, 15) is 4.79 Å². The van der Waals surface area contributed by atoms with Crippen LogP contribution in [0.25, 0.3) is 0 Å². The van der Waals surface area contributed by atoms with Crippen LogP contribution in [0.1, 0.15) is 51.9 Å². The molecular weight excluding hydrogens is 190 g/mol. The van der Waals surface area contributed by atoms with E-state index >= 15 is 0 Å². The second-order valence-electron chi connectivity index (χ2n) is 5.32. The van der Waals surface area contributed by atoms with Crippen LogP contribution >= 0.6 is 0 Å². The molecule has 0 saturated heterocycles. The van der Waals surface area contributed by atoms with Crippen molar-refractivity contribution >= 4 is 5.97 Å². The van der Waals surface area contributed by atoms with Crippen LogP contribution < -0.4 is 5.73 Å². The lowest BCUT2D eigenvalue weighted by Crippen LogP contribution is -2.53. The molecule has 0 amide bonds. The molecule has 0 heterocycles. The summed E-state index contributed by atoms with van der Waals surface area (Å²) in [5, 5.41) is 0. The van der Waals surface area contributed by atoms with Gasteiger partial charge in [-0.15, -0.1) is 0 Å². The standard InChI is InChI=1S/C12H21NO2/c1-9-4-3-7-12(13,8-9)11(14)15-10-5-2-6-10/h9-10H,2-8,13H2,1H3. The van der Waals surface area contributed by atoms with Crippen molar-refractivity contribution in [1.29, 1.82) is 0 Å². The summed E-state index contributed by atoms with van der Waals surface area (Å²) in [6.45, 7) is 2.16. The number of nitrogens with two attached hydrogens (primary N) is 1. The lowest BCUT2D eigenvalue weighted by Gasteiger charge is -2.37.